The van der Waals surface area contributed by atoms with Gasteiger partial charge in [0.1, 0.15) is 12.4 Å². The summed E-state index contributed by atoms with van der Waals surface area (Å²) in [5, 5.41) is 2.11. The number of rotatable bonds is 1. The van der Waals surface area contributed by atoms with Gasteiger partial charge in [-0.1, -0.05) is 24.3 Å². The summed E-state index contributed by atoms with van der Waals surface area (Å²) in [5.74, 6) is -0.320. The number of carbonyl (C=O) groups excluding carboxylic acids is 2. The molecule has 0 saturated carbocycles. The van der Waals surface area contributed by atoms with Crippen LogP contribution >= 0.6 is 0 Å². The van der Waals surface area contributed by atoms with E-state index in [1.54, 1.807) is 12.1 Å². The van der Waals surface area contributed by atoms with Gasteiger partial charge >= 0.3 is 5.97 Å². The first-order valence-electron chi connectivity index (χ1n) is 7.24. The Labute approximate surface area is 135 Å². The van der Waals surface area contributed by atoms with Gasteiger partial charge in [-0.3, -0.25) is 0 Å². The quantitative estimate of drug-likeness (QED) is 0.500. The maximum atomic E-state index is 12.1. The van der Waals surface area contributed by atoms with Crippen LogP contribution in [-0.4, -0.2) is 23.3 Å². The molecule has 0 saturated heterocycles. The molecule has 0 aliphatic rings. The number of fused-ring (bicyclic) bond motifs is 2. The number of carbonyl (C=O) groups is 2. The van der Waals surface area contributed by atoms with Crippen molar-refractivity contribution in [1.29, 1.82) is 0 Å². The highest BCUT2D eigenvalue weighted by Crippen LogP contribution is 2.21. The fourth-order valence-electron chi connectivity index (χ4n) is 2.24. The molecular weight excluding hydrogens is 290 g/mol. The van der Waals surface area contributed by atoms with Crippen LogP contribution in [0.4, 0.5) is 0 Å². The van der Waals surface area contributed by atoms with Crippen molar-refractivity contribution in [2.75, 3.05) is 0 Å². The monoisotopic (exact) mass is 309 g/mol. The van der Waals surface area contributed by atoms with E-state index in [1.165, 1.54) is 0 Å². The number of nitrogens with zero attached hydrogens (tertiary/aromatic N) is 1. The Balaban J connectivity index is 0.000000924. The first kappa shape index (κ1) is 16.6. The summed E-state index contributed by atoms with van der Waals surface area (Å²) in [6.45, 7) is 7.58. The van der Waals surface area contributed by atoms with Crippen LogP contribution < -0.4 is 0 Å². The number of pyridine rings is 1. The van der Waals surface area contributed by atoms with Gasteiger partial charge in [-0.25, -0.2) is 9.78 Å². The lowest BCUT2D eigenvalue weighted by atomic mass is 10.1. The number of esters is 1. The summed E-state index contributed by atoms with van der Waals surface area (Å²) in [5.41, 5.74) is 1.76. The minimum absolute atomic E-state index is 0.320. The van der Waals surface area contributed by atoms with Gasteiger partial charge in [0.2, 0.25) is 0 Å². The normalized spacial score (nSPS) is 10.9. The molecule has 0 aliphatic carbocycles. The van der Waals surface area contributed by atoms with Gasteiger partial charge in [-0.2, -0.15) is 0 Å². The largest absolute Gasteiger partial charge is 0.456 e. The molecule has 1 heterocycles. The minimum atomic E-state index is -0.497. The first-order chi connectivity index (χ1) is 10.9. The topological polar surface area (TPSA) is 56.3 Å². The molecule has 0 bridgehead atoms. The Morgan fingerprint density at radius 1 is 0.957 bits per heavy atom. The van der Waals surface area contributed by atoms with E-state index in [9.17, 15) is 4.79 Å². The van der Waals surface area contributed by atoms with Crippen LogP contribution in [0.5, 0.6) is 0 Å². The minimum Gasteiger partial charge on any atom is -0.456 e. The fraction of sp³-hybridized carbons (Fsp3) is 0.211. The lowest BCUT2D eigenvalue weighted by Crippen LogP contribution is -2.23. The van der Waals surface area contributed by atoms with E-state index in [2.05, 4.69) is 11.1 Å². The maximum absolute atomic E-state index is 12.1. The van der Waals surface area contributed by atoms with Crippen molar-refractivity contribution in [1.82, 2.24) is 4.98 Å². The van der Waals surface area contributed by atoms with E-state index in [-0.39, 0.29) is 5.97 Å². The molecule has 0 aliphatic heterocycles. The van der Waals surface area contributed by atoms with Crippen molar-refractivity contribution in [3.05, 3.63) is 54.1 Å². The standard InChI is InChI=1S/C18H17NO2.CH2O/c1-18(2,3)21-17(20)14-9-8-13-10-12-6-4-5-7-15(12)19-16(13)11-14;1-2/h4-11H,1-3H3;1H2. The Hall–Kier alpha value is -2.75. The molecule has 0 unspecified atom stereocenters. The van der Waals surface area contributed by atoms with Gasteiger partial charge in [-0.15, -0.1) is 0 Å². The molecule has 0 fully saturated rings. The number of ether oxygens (including phenoxy) is 1. The second kappa shape index (κ2) is 6.57. The van der Waals surface area contributed by atoms with E-state index in [0.29, 0.717) is 5.56 Å². The van der Waals surface area contributed by atoms with Crippen molar-refractivity contribution < 1.29 is 14.3 Å². The molecule has 0 radical (unpaired) electrons. The Kier molecular flexibility index (Phi) is 4.74. The van der Waals surface area contributed by atoms with Crippen LogP contribution in [-0.2, 0) is 9.53 Å². The molecule has 118 valence electrons. The zero-order valence-corrected chi connectivity index (χ0v) is 13.5. The van der Waals surface area contributed by atoms with Gasteiger partial charge < -0.3 is 9.53 Å². The van der Waals surface area contributed by atoms with Crippen LogP contribution in [0, 0.1) is 0 Å². The zero-order chi connectivity index (χ0) is 17.0. The third-order valence-electron chi connectivity index (χ3n) is 3.15. The van der Waals surface area contributed by atoms with Gasteiger partial charge in [0.15, 0.2) is 0 Å². The van der Waals surface area contributed by atoms with Crippen LogP contribution in [0.25, 0.3) is 21.8 Å². The molecule has 0 spiro atoms. The first-order valence-corrected chi connectivity index (χ1v) is 7.24. The molecule has 4 heteroatoms. The highest BCUT2D eigenvalue weighted by molar-refractivity contribution is 5.98. The molecule has 0 amide bonds. The highest BCUT2D eigenvalue weighted by Gasteiger charge is 2.18. The zero-order valence-electron chi connectivity index (χ0n) is 13.5. The van der Waals surface area contributed by atoms with Crippen LogP contribution in [0.3, 0.4) is 0 Å². The van der Waals surface area contributed by atoms with Crippen LogP contribution in [0.1, 0.15) is 31.1 Å². The van der Waals surface area contributed by atoms with Gasteiger partial charge in [-0.05, 0) is 45.0 Å². The summed E-state index contributed by atoms with van der Waals surface area (Å²) in [4.78, 5) is 24.7. The van der Waals surface area contributed by atoms with Gasteiger partial charge in [0.25, 0.3) is 0 Å². The molecule has 2 aromatic carbocycles. The van der Waals surface area contributed by atoms with Crippen molar-refractivity contribution in [3.8, 4) is 0 Å². The van der Waals surface area contributed by atoms with E-state index < -0.39 is 5.60 Å². The molecular formula is C19H19NO3. The smallest absolute Gasteiger partial charge is 0.338 e. The van der Waals surface area contributed by atoms with Crippen LogP contribution in [0.15, 0.2) is 48.5 Å². The Morgan fingerprint density at radius 3 is 2.30 bits per heavy atom. The van der Waals surface area contributed by atoms with Crippen molar-refractivity contribution in [2.45, 2.75) is 26.4 Å². The predicted octanol–water partition coefficient (Wildman–Crippen LogP) is 4.16. The summed E-state index contributed by atoms with van der Waals surface area (Å²) < 4.78 is 5.39. The number of aromatic nitrogens is 1. The lowest BCUT2D eigenvalue weighted by Gasteiger charge is -2.19. The van der Waals surface area contributed by atoms with Gasteiger partial charge in [0.05, 0.1) is 16.6 Å². The molecule has 0 N–H and O–H groups in total. The Bertz CT molecular complexity index is 850. The van der Waals surface area contributed by atoms with E-state index in [0.717, 1.165) is 21.8 Å². The number of benzene rings is 2. The maximum Gasteiger partial charge on any atom is 0.338 e. The fourth-order valence-corrected chi connectivity index (χ4v) is 2.24. The number of para-hydroxylation sites is 1. The second-order valence-electron chi connectivity index (χ2n) is 6.09. The summed E-state index contributed by atoms with van der Waals surface area (Å²) in [6.07, 6.45) is 0. The summed E-state index contributed by atoms with van der Waals surface area (Å²) in [6, 6.07) is 15.5. The summed E-state index contributed by atoms with van der Waals surface area (Å²) >= 11 is 0. The van der Waals surface area contributed by atoms with Crippen molar-refractivity contribution in [3.63, 3.8) is 0 Å². The number of hydrogen-bond donors (Lipinski definition) is 0. The third kappa shape index (κ3) is 3.92. The second-order valence-corrected chi connectivity index (χ2v) is 6.09. The average Bonchev–Trinajstić information content (AvgIpc) is 2.52. The molecule has 0 atom stereocenters. The average molecular weight is 309 g/mol. The molecule has 3 aromatic rings. The Morgan fingerprint density at radius 2 is 1.61 bits per heavy atom. The van der Waals surface area contributed by atoms with E-state index in [4.69, 9.17) is 9.53 Å². The predicted molar refractivity (Wildman–Crippen MR) is 91.5 cm³/mol. The van der Waals surface area contributed by atoms with Crippen LogP contribution in [0.2, 0.25) is 0 Å². The molecule has 23 heavy (non-hydrogen) atoms. The molecule has 3 rings (SSSR count). The SMILES string of the molecule is C=O.CC(C)(C)OC(=O)c1ccc2cc3ccccc3nc2c1. The molecule has 1 aromatic heterocycles. The van der Waals surface area contributed by atoms with Gasteiger partial charge in [0, 0.05) is 10.8 Å². The molecule has 4 nitrogen and oxygen atoms in total. The summed E-state index contributed by atoms with van der Waals surface area (Å²) in [7, 11) is 0. The number of hydrogen-bond acceptors (Lipinski definition) is 4. The van der Waals surface area contributed by atoms with E-state index >= 15 is 0 Å². The van der Waals surface area contributed by atoms with Crippen molar-refractivity contribution in [2.24, 2.45) is 0 Å². The van der Waals surface area contributed by atoms with E-state index in [1.807, 2.05) is 57.9 Å². The lowest BCUT2D eigenvalue weighted by molar-refractivity contribution is -0.0980. The van der Waals surface area contributed by atoms with Crippen molar-refractivity contribution >= 4 is 34.6 Å². The highest BCUT2D eigenvalue weighted by atomic mass is 16.6. The third-order valence-corrected chi connectivity index (χ3v) is 3.15.